The first-order valence-electron chi connectivity index (χ1n) is 9.90. The molecule has 0 spiro atoms. The van der Waals surface area contributed by atoms with Crippen LogP contribution in [0, 0.1) is 19.7 Å². The van der Waals surface area contributed by atoms with E-state index >= 15 is 0 Å². The molecule has 1 N–H and O–H groups in total. The highest BCUT2D eigenvalue weighted by Crippen LogP contribution is 2.27. The predicted octanol–water partition coefficient (Wildman–Crippen LogP) is 4.97. The average Bonchev–Trinajstić information content (AvgIpc) is 3.27. The summed E-state index contributed by atoms with van der Waals surface area (Å²) in [6, 6.07) is 14.0. The molecule has 0 saturated heterocycles. The molecule has 3 rings (SSSR count). The molecule has 1 heterocycles. The molecule has 164 valence electrons. The van der Waals surface area contributed by atoms with Crippen molar-refractivity contribution in [3.05, 3.63) is 82.5 Å². The second-order valence-corrected chi connectivity index (χ2v) is 10.3. The third-order valence-electron chi connectivity index (χ3n) is 4.99. The smallest absolute Gasteiger partial charge is 0.274 e. The highest BCUT2D eigenvalue weighted by atomic mass is 32.2. The quantitative estimate of drug-likeness (QED) is 0.516. The van der Waals surface area contributed by atoms with Gasteiger partial charge in [-0.2, -0.15) is 0 Å². The number of hydrogen-bond acceptors (Lipinski definition) is 4. The van der Waals surface area contributed by atoms with Crippen LogP contribution in [0.3, 0.4) is 0 Å². The highest BCUT2D eigenvalue weighted by Gasteiger charge is 2.29. The van der Waals surface area contributed by atoms with Crippen LogP contribution >= 0.6 is 11.3 Å². The van der Waals surface area contributed by atoms with Gasteiger partial charge in [0, 0.05) is 0 Å². The van der Waals surface area contributed by atoms with Crippen LogP contribution in [0.25, 0.3) is 0 Å². The number of sulfonamides is 1. The Hall–Kier alpha value is -2.71. The number of aryl methyl sites for hydroxylation is 2. The Morgan fingerprint density at radius 3 is 2.42 bits per heavy atom. The van der Waals surface area contributed by atoms with Gasteiger partial charge in [-0.05, 0) is 67.1 Å². The molecule has 31 heavy (non-hydrogen) atoms. The van der Waals surface area contributed by atoms with Crippen molar-refractivity contribution in [2.75, 3.05) is 10.8 Å². The second kappa shape index (κ2) is 9.62. The fourth-order valence-corrected chi connectivity index (χ4v) is 5.95. The molecule has 1 amide bonds. The summed E-state index contributed by atoms with van der Waals surface area (Å²) in [5.74, 6) is -0.918. The van der Waals surface area contributed by atoms with Crippen molar-refractivity contribution in [3.63, 3.8) is 0 Å². The lowest BCUT2D eigenvalue weighted by molar-refractivity contribution is -0.120. The van der Waals surface area contributed by atoms with Gasteiger partial charge < -0.3 is 5.32 Å². The molecule has 0 radical (unpaired) electrons. The second-order valence-electron chi connectivity index (χ2n) is 7.31. The minimum atomic E-state index is -3.97. The van der Waals surface area contributed by atoms with E-state index in [-0.39, 0.29) is 15.9 Å². The van der Waals surface area contributed by atoms with Crippen LogP contribution < -0.4 is 9.62 Å². The first-order chi connectivity index (χ1) is 14.7. The lowest BCUT2D eigenvalue weighted by Crippen LogP contribution is -2.41. The van der Waals surface area contributed by atoms with E-state index in [4.69, 9.17) is 0 Å². The number of amides is 1. The lowest BCUT2D eigenvalue weighted by atomic mass is 9.97. The van der Waals surface area contributed by atoms with Gasteiger partial charge >= 0.3 is 0 Å². The van der Waals surface area contributed by atoms with E-state index in [1.807, 2.05) is 32.9 Å². The van der Waals surface area contributed by atoms with E-state index in [9.17, 15) is 17.6 Å². The number of halogens is 1. The SMILES string of the molecule is CCC(NC(=O)CN(c1ccc(F)cc1)S(=O)(=O)c1cccs1)c1ccc(C)cc1C. The maximum absolute atomic E-state index is 13.4. The van der Waals surface area contributed by atoms with Gasteiger partial charge in [-0.3, -0.25) is 9.10 Å². The van der Waals surface area contributed by atoms with Crippen LogP contribution in [0.15, 0.2) is 64.2 Å². The number of anilines is 1. The molecule has 0 aliphatic heterocycles. The first-order valence-corrected chi connectivity index (χ1v) is 12.2. The molecule has 8 heteroatoms. The van der Waals surface area contributed by atoms with Crippen molar-refractivity contribution < 1.29 is 17.6 Å². The van der Waals surface area contributed by atoms with Gasteiger partial charge in [0.15, 0.2) is 0 Å². The van der Waals surface area contributed by atoms with Gasteiger partial charge in [-0.15, -0.1) is 11.3 Å². The number of carbonyl (C=O) groups excluding carboxylic acids is 1. The minimum absolute atomic E-state index is 0.117. The largest absolute Gasteiger partial charge is 0.348 e. The number of hydrogen-bond donors (Lipinski definition) is 1. The van der Waals surface area contributed by atoms with Crippen LogP contribution in [-0.2, 0) is 14.8 Å². The molecule has 2 aromatic carbocycles. The van der Waals surface area contributed by atoms with Crippen LogP contribution in [0.2, 0.25) is 0 Å². The van der Waals surface area contributed by atoms with E-state index in [1.54, 1.807) is 11.4 Å². The van der Waals surface area contributed by atoms with Crippen molar-refractivity contribution in [1.29, 1.82) is 0 Å². The number of carbonyl (C=O) groups is 1. The topological polar surface area (TPSA) is 66.5 Å². The fourth-order valence-electron chi connectivity index (χ4n) is 3.43. The number of nitrogens with zero attached hydrogens (tertiary/aromatic N) is 1. The maximum Gasteiger partial charge on any atom is 0.274 e. The average molecular weight is 461 g/mol. The van der Waals surface area contributed by atoms with E-state index in [2.05, 4.69) is 11.4 Å². The number of benzene rings is 2. The van der Waals surface area contributed by atoms with Gasteiger partial charge in [0.05, 0.1) is 11.7 Å². The fraction of sp³-hybridized carbons (Fsp3) is 0.261. The Labute approximate surface area is 186 Å². The summed E-state index contributed by atoms with van der Waals surface area (Å²) in [6.45, 7) is 5.55. The zero-order valence-corrected chi connectivity index (χ0v) is 19.3. The van der Waals surface area contributed by atoms with Gasteiger partial charge in [0.1, 0.15) is 16.6 Å². The van der Waals surface area contributed by atoms with Gasteiger partial charge in [0.2, 0.25) is 5.91 Å². The number of rotatable bonds is 8. The van der Waals surface area contributed by atoms with Crippen molar-refractivity contribution >= 4 is 33.0 Å². The maximum atomic E-state index is 13.4. The molecule has 0 aliphatic carbocycles. The van der Waals surface area contributed by atoms with Gasteiger partial charge in [0.25, 0.3) is 10.0 Å². The molecule has 1 atom stereocenters. The number of thiophene rings is 1. The molecule has 5 nitrogen and oxygen atoms in total. The van der Waals surface area contributed by atoms with Crippen LogP contribution in [0.5, 0.6) is 0 Å². The zero-order chi connectivity index (χ0) is 22.6. The van der Waals surface area contributed by atoms with Crippen molar-refractivity contribution in [3.8, 4) is 0 Å². The summed E-state index contributed by atoms with van der Waals surface area (Å²) in [4.78, 5) is 12.9. The molecule has 0 fully saturated rings. The molecular formula is C23H25FN2O3S2. The van der Waals surface area contributed by atoms with E-state index in [1.165, 1.54) is 30.3 Å². The van der Waals surface area contributed by atoms with E-state index in [0.29, 0.717) is 6.42 Å². The van der Waals surface area contributed by atoms with Crippen molar-refractivity contribution in [2.24, 2.45) is 0 Å². The van der Waals surface area contributed by atoms with Crippen molar-refractivity contribution in [2.45, 2.75) is 37.4 Å². The Balaban J connectivity index is 1.88. The summed E-state index contributed by atoms with van der Waals surface area (Å²) in [5.41, 5.74) is 3.42. The summed E-state index contributed by atoms with van der Waals surface area (Å²) >= 11 is 1.07. The lowest BCUT2D eigenvalue weighted by Gasteiger charge is -2.25. The first kappa shape index (κ1) is 23.0. The minimum Gasteiger partial charge on any atom is -0.348 e. The highest BCUT2D eigenvalue weighted by molar-refractivity contribution is 7.94. The van der Waals surface area contributed by atoms with E-state index < -0.39 is 28.3 Å². The molecule has 0 aliphatic rings. The summed E-state index contributed by atoms with van der Waals surface area (Å²) in [5, 5.41) is 4.61. The number of nitrogens with one attached hydrogen (secondary N) is 1. The van der Waals surface area contributed by atoms with E-state index in [0.717, 1.165) is 32.3 Å². The molecule has 1 unspecified atom stereocenters. The van der Waals surface area contributed by atoms with Crippen LogP contribution in [-0.4, -0.2) is 20.9 Å². The Morgan fingerprint density at radius 1 is 1.13 bits per heavy atom. The van der Waals surface area contributed by atoms with Gasteiger partial charge in [-0.1, -0.05) is 36.8 Å². The molecular weight excluding hydrogens is 435 g/mol. The monoisotopic (exact) mass is 460 g/mol. The Morgan fingerprint density at radius 2 is 1.84 bits per heavy atom. The normalized spacial score (nSPS) is 12.4. The molecule has 0 bridgehead atoms. The van der Waals surface area contributed by atoms with Gasteiger partial charge in [-0.25, -0.2) is 12.8 Å². The zero-order valence-electron chi connectivity index (χ0n) is 17.6. The van der Waals surface area contributed by atoms with Crippen LogP contribution in [0.4, 0.5) is 10.1 Å². The van der Waals surface area contributed by atoms with Crippen LogP contribution in [0.1, 0.15) is 36.1 Å². The van der Waals surface area contributed by atoms with Crippen molar-refractivity contribution in [1.82, 2.24) is 5.32 Å². The molecule has 3 aromatic rings. The summed E-state index contributed by atoms with van der Waals surface area (Å²) in [6.07, 6.45) is 0.657. The predicted molar refractivity (Wildman–Crippen MR) is 122 cm³/mol. The molecule has 1 aromatic heterocycles. The molecule has 0 saturated carbocycles. The Bertz CT molecular complexity index is 1140. The summed E-state index contributed by atoms with van der Waals surface area (Å²) < 4.78 is 40.9. The third-order valence-corrected chi connectivity index (χ3v) is 8.13. The Kier molecular flexibility index (Phi) is 7.12. The standard InChI is InChI=1S/C23H25FN2O3S2/c1-4-21(20-12-7-16(2)14-17(20)3)25-22(27)15-26(19-10-8-18(24)9-11-19)31(28,29)23-6-5-13-30-23/h5-14,21H,4,15H2,1-3H3,(H,25,27). The third kappa shape index (κ3) is 5.32. The summed E-state index contributed by atoms with van der Waals surface area (Å²) in [7, 11) is -3.97.